The summed E-state index contributed by atoms with van der Waals surface area (Å²) in [5.74, 6) is 0.789. The minimum Gasteiger partial charge on any atom is -0.289 e. The molecule has 3 heteroatoms. The molecule has 0 fully saturated rings. The van der Waals surface area contributed by atoms with Crippen LogP contribution in [0, 0.1) is 0 Å². The molecule has 1 nitrogen and oxygen atoms in total. The normalized spacial score (nSPS) is 17.4. The van der Waals surface area contributed by atoms with Crippen LogP contribution in [0.25, 0.3) is 0 Å². The van der Waals surface area contributed by atoms with Gasteiger partial charge >= 0.3 is 0 Å². The van der Waals surface area contributed by atoms with Crippen LogP contribution in [0.3, 0.4) is 0 Å². The van der Waals surface area contributed by atoms with Crippen LogP contribution >= 0.6 is 25.3 Å². The molecule has 0 saturated carbocycles. The molecule has 0 spiro atoms. The Hall–Kier alpha value is 0.660. The number of hydrogen-bond donors (Lipinski definition) is 2. The Balaban J connectivity index is 3.97. The van der Waals surface area contributed by atoms with E-state index in [0.717, 1.165) is 18.8 Å². The average Bonchev–Trinajstić information content (AvgIpc) is 1.90. The van der Waals surface area contributed by atoms with E-state index < -0.39 is 0 Å². The molecule has 1 atom stereocenters. The predicted octanol–water partition coefficient (Wildman–Crippen LogP) is 1.90. The Labute approximate surface area is 75.0 Å². The Bertz CT molecular complexity index is 89.6. The first-order valence-electron chi connectivity index (χ1n) is 3.66. The lowest BCUT2D eigenvalue weighted by molar-refractivity contribution is 0.224. The minimum absolute atomic E-state index is 0.0490. The lowest BCUT2D eigenvalue weighted by atomic mass is 10.3. The van der Waals surface area contributed by atoms with Gasteiger partial charge in [-0.1, -0.05) is 13.8 Å². The van der Waals surface area contributed by atoms with E-state index in [0.29, 0.717) is 0 Å². The third-order valence-electron chi connectivity index (χ3n) is 1.74. The first-order valence-corrected chi connectivity index (χ1v) is 4.74. The molecular formula is C7H17NS2. The van der Waals surface area contributed by atoms with Crippen LogP contribution in [0.1, 0.15) is 20.8 Å². The van der Waals surface area contributed by atoms with E-state index in [-0.39, 0.29) is 4.87 Å². The zero-order chi connectivity index (χ0) is 8.20. The van der Waals surface area contributed by atoms with Gasteiger partial charge in [0.15, 0.2) is 0 Å². The molecule has 1 unspecified atom stereocenters. The van der Waals surface area contributed by atoms with Gasteiger partial charge in [0.1, 0.15) is 0 Å². The number of hydrogen-bond acceptors (Lipinski definition) is 3. The monoisotopic (exact) mass is 179 g/mol. The molecule has 0 N–H and O–H groups in total. The van der Waals surface area contributed by atoms with Gasteiger partial charge in [0, 0.05) is 5.75 Å². The molecule has 0 amide bonds. The number of thiol groups is 2. The summed E-state index contributed by atoms with van der Waals surface area (Å²) >= 11 is 8.72. The summed E-state index contributed by atoms with van der Waals surface area (Å²) in [7, 11) is 0. The van der Waals surface area contributed by atoms with Gasteiger partial charge in [-0.05, 0) is 20.0 Å². The predicted molar refractivity (Wildman–Crippen MR) is 54.2 cm³/mol. The van der Waals surface area contributed by atoms with Crippen LogP contribution in [0.15, 0.2) is 0 Å². The summed E-state index contributed by atoms with van der Waals surface area (Å²) in [5, 5.41) is 0. The Kier molecular flexibility index (Phi) is 4.82. The molecule has 0 aromatic rings. The number of nitrogens with zero attached hydrogens (tertiary/aromatic N) is 1. The van der Waals surface area contributed by atoms with E-state index >= 15 is 0 Å². The second-order valence-electron chi connectivity index (χ2n) is 2.55. The summed E-state index contributed by atoms with van der Waals surface area (Å²) in [6, 6.07) is 0. The zero-order valence-corrected chi connectivity index (χ0v) is 8.75. The summed E-state index contributed by atoms with van der Waals surface area (Å²) in [5.41, 5.74) is 0. The lowest BCUT2D eigenvalue weighted by Crippen LogP contribution is -2.43. The van der Waals surface area contributed by atoms with Gasteiger partial charge in [-0.25, -0.2) is 0 Å². The summed E-state index contributed by atoms with van der Waals surface area (Å²) < 4.78 is 0. The van der Waals surface area contributed by atoms with Crippen molar-refractivity contribution in [3.63, 3.8) is 0 Å². The van der Waals surface area contributed by atoms with Crippen molar-refractivity contribution in [3.05, 3.63) is 0 Å². The van der Waals surface area contributed by atoms with Crippen molar-refractivity contribution in [2.75, 3.05) is 18.8 Å². The highest BCUT2D eigenvalue weighted by atomic mass is 32.1. The topological polar surface area (TPSA) is 3.24 Å². The van der Waals surface area contributed by atoms with Crippen molar-refractivity contribution >= 4 is 25.3 Å². The highest BCUT2D eigenvalue weighted by Gasteiger charge is 2.22. The molecule has 0 bridgehead atoms. The van der Waals surface area contributed by atoms with Gasteiger partial charge in [0.25, 0.3) is 0 Å². The van der Waals surface area contributed by atoms with Crippen LogP contribution in [-0.4, -0.2) is 28.6 Å². The van der Waals surface area contributed by atoms with Crippen molar-refractivity contribution in [2.45, 2.75) is 25.6 Å². The quantitative estimate of drug-likeness (QED) is 0.492. The largest absolute Gasteiger partial charge is 0.289 e. The molecule has 0 aromatic heterocycles. The maximum atomic E-state index is 4.49. The molecule has 0 aliphatic heterocycles. The summed E-state index contributed by atoms with van der Waals surface area (Å²) in [6.07, 6.45) is 0. The van der Waals surface area contributed by atoms with E-state index in [2.05, 4.69) is 50.9 Å². The third kappa shape index (κ3) is 2.72. The molecule has 0 aliphatic rings. The second kappa shape index (κ2) is 4.52. The van der Waals surface area contributed by atoms with Crippen LogP contribution in [0.4, 0.5) is 0 Å². The van der Waals surface area contributed by atoms with Gasteiger partial charge in [-0.2, -0.15) is 25.3 Å². The molecule has 0 rings (SSSR count). The van der Waals surface area contributed by atoms with Gasteiger partial charge in [0.05, 0.1) is 4.87 Å². The first-order chi connectivity index (χ1) is 4.58. The van der Waals surface area contributed by atoms with Gasteiger partial charge in [-0.15, -0.1) is 0 Å². The van der Waals surface area contributed by atoms with Crippen molar-refractivity contribution < 1.29 is 0 Å². The van der Waals surface area contributed by atoms with Crippen LogP contribution in [0.5, 0.6) is 0 Å². The average molecular weight is 179 g/mol. The zero-order valence-electron chi connectivity index (χ0n) is 6.96. The van der Waals surface area contributed by atoms with Crippen molar-refractivity contribution in [1.82, 2.24) is 4.90 Å². The number of rotatable bonds is 4. The van der Waals surface area contributed by atoms with Crippen LogP contribution in [0.2, 0.25) is 0 Å². The van der Waals surface area contributed by atoms with Gasteiger partial charge in [-0.3, -0.25) is 4.90 Å². The smallest absolute Gasteiger partial charge is 0.0700 e. The van der Waals surface area contributed by atoms with Crippen molar-refractivity contribution in [2.24, 2.45) is 0 Å². The molecule has 0 radical (unpaired) electrons. The second-order valence-corrected chi connectivity index (χ2v) is 3.83. The van der Waals surface area contributed by atoms with E-state index in [4.69, 9.17) is 0 Å². The van der Waals surface area contributed by atoms with E-state index in [1.807, 2.05) is 0 Å². The molecule has 10 heavy (non-hydrogen) atoms. The summed E-state index contributed by atoms with van der Waals surface area (Å²) in [4.78, 5) is 2.23. The van der Waals surface area contributed by atoms with Crippen LogP contribution < -0.4 is 0 Å². The van der Waals surface area contributed by atoms with E-state index in [1.54, 1.807) is 0 Å². The fourth-order valence-corrected chi connectivity index (χ4v) is 1.49. The van der Waals surface area contributed by atoms with Gasteiger partial charge < -0.3 is 0 Å². The Morgan fingerprint density at radius 1 is 1.30 bits per heavy atom. The van der Waals surface area contributed by atoms with Gasteiger partial charge in [0.2, 0.25) is 0 Å². The minimum atomic E-state index is -0.0490. The lowest BCUT2D eigenvalue weighted by Gasteiger charge is -2.34. The fourth-order valence-electron chi connectivity index (χ4n) is 1.00. The Morgan fingerprint density at radius 3 is 1.80 bits per heavy atom. The van der Waals surface area contributed by atoms with Crippen LogP contribution in [-0.2, 0) is 0 Å². The molecule has 0 aromatic carbocycles. The summed E-state index contributed by atoms with van der Waals surface area (Å²) in [6.45, 7) is 8.45. The molecule has 0 aliphatic carbocycles. The maximum Gasteiger partial charge on any atom is 0.0700 e. The van der Waals surface area contributed by atoms with E-state index in [9.17, 15) is 0 Å². The maximum absolute atomic E-state index is 4.49. The molecule has 0 saturated heterocycles. The molecule has 62 valence electrons. The first kappa shape index (κ1) is 10.7. The third-order valence-corrected chi connectivity index (χ3v) is 3.05. The SMILES string of the molecule is CCN(CC)C(C)(S)CS. The fraction of sp³-hybridized carbons (Fsp3) is 1.00. The van der Waals surface area contributed by atoms with Crippen molar-refractivity contribution in [3.8, 4) is 0 Å². The Morgan fingerprint density at radius 2 is 1.70 bits per heavy atom. The van der Waals surface area contributed by atoms with Crippen molar-refractivity contribution in [1.29, 1.82) is 0 Å². The standard InChI is InChI=1S/C7H17NS2/c1-4-8(5-2)7(3,10)6-9/h9-10H,4-6H2,1-3H3. The van der Waals surface area contributed by atoms with E-state index in [1.165, 1.54) is 0 Å². The molecular weight excluding hydrogens is 162 g/mol. The highest BCUT2D eigenvalue weighted by molar-refractivity contribution is 7.85. The molecule has 0 heterocycles. The highest BCUT2D eigenvalue weighted by Crippen LogP contribution is 2.20.